The van der Waals surface area contributed by atoms with E-state index in [2.05, 4.69) is 20.7 Å². The summed E-state index contributed by atoms with van der Waals surface area (Å²) in [4.78, 5) is 13.4. The molecule has 1 aliphatic heterocycles. The van der Waals surface area contributed by atoms with Crippen molar-refractivity contribution in [2.75, 3.05) is 13.1 Å². The third-order valence-corrected chi connectivity index (χ3v) is 3.81. The van der Waals surface area contributed by atoms with Gasteiger partial charge in [0, 0.05) is 19.0 Å². The molecular formula is C15H17BrF3NO3. The molecule has 1 aliphatic rings. The summed E-state index contributed by atoms with van der Waals surface area (Å²) in [5.74, 6) is -0.219. The van der Waals surface area contributed by atoms with Crippen LogP contribution in [0.2, 0.25) is 0 Å². The Morgan fingerprint density at radius 2 is 1.87 bits per heavy atom. The molecule has 2 rings (SSSR count). The number of amides is 1. The van der Waals surface area contributed by atoms with Crippen LogP contribution in [-0.2, 0) is 4.74 Å². The molecule has 0 unspecified atom stereocenters. The lowest BCUT2D eigenvalue weighted by molar-refractivity contribution is -0.274. The third kappa shape index (κ3) is 5.02. The Balaban J connectivity index is 1.95. The summed E-state index contributed by atoms with van der Waals surface area (Å²) in [6, 6.07) is 4.42. The number of hydrogen-bond acceptors (Lipinski definition) is 3. The molecule has 1 amide bonds. The van der Waals surface area contributed by atoms with Crippen molar-refractivity contribution in [2.24, 2.45) is 0 Å². The fourth-order valence-electron chi connectivity index (χ4n) is 2.14. The maximum atomic E-state index is 12.2. The summed E-state index contributed by atoms with van der Waals surface area (Å²) in [6.45, 7) is 6.32. The van der Waals surface area contributed by atoms with Crippen LogP contribution in [0.3, 0.4) is 0 Å². The number of benzene rings is 1. The number of halogens is 4. The zero-order valence-electron chi connectivity index (χ0n) is 12.9. The molecule has 0 spiro atoms. The Bertz CT molecular complexity index is 593. The van der Waals surface area contributed by atoms with Crippen LogP contribution in [0.4, 0.5) is 18.0 Å². The van der Waals surface area contributed by atoms with Gasteiger partial charge in [0.1, 0.15) is 11.4 Å². The van der Waals surface area contributed by atoms with Gasteiger partial charge >= 0.3 is 12.5 Å². The van der Waals surface area contributed by atoms with Gasteiger partial charge in [-0.3, -0.25) is 0 Å². The van der Waals surface area contributed by atoms with Crippen LogP contribution < -0.4 is 4.74 Å². The highest BCUT2D eigenvalue weighted by atomic mass is 79.9. The minimum atomic E-state index is -4.73. The Kier molecular flexibility index (Phi) is 4.84. The molecular weight excluding hydrogens is 379 g/mol. The van der Waals surface area contributed by atoms with Gasteiger partial charge in [0.15, 0.2) is 0 Å². The van der Waals surface area contributed by atoms with E-state index in [9.17, 15) is 18.0 Å². The first-order chi connectivity index (χ1) is 10.4. The monoisotopic (exact) mass is 395 g/mol. The number of carbonyl (C=O) groups is 1. The van der Waals surface area contributed by atoms with E-state index in [4.69, 9.17) is 4.74 Å². The largest absolute Gasteiger partial charge is 0.573 e. The summed E-state index contributed by atoms with van der Waals surface area (Å²) < 4.78 is 46.1. The van der Waals surface area contributed by atoms with Crippen molar-refractivity contribution in [3.8, 4) is 5.75 Å². The highest BCUT2D eigenvalue weighted by Crippen LogP contribution is 2.35. The predicted molar refractivity (Wildman–Crippen MR) is 81.4 cm³/mol. The smallest absolute Gasteiger partial charge is 0.444 e. The summed E-state index contributed by atoms with van der Waals surface area (Å²) in [5, 5.41) is 0. The number of ether oxygens (including phenoxy) is 2. The maximum absolute atomic E-state index is 12.2. The van der Waals surface area contributed by atoms with Crippen LogP contribution in [0, 0.1) is 0 Å². The molecule has 0 atom stereocenters. The van der Waals surface area contributed by atoms with Gasteiger partial charge in [0.25, 0.3) is 0 Å². The van der Waals surface area contributed by atoms with Gasteiger partial charge in [0.2, 0.25) is 0 Å². The molecule has 0 saturated carbocycles. The van der Waals surface area contributed by atoms with Crippen molar-refractivity contribution in [3.05, 3.63) is 28.2 Å². The molecule has 0 N–H and O–H groups in total. The van der Waals surface area contributed by atoms with Crippen LogP contribution in [0.25, 0.3) is 0 Å². The van der Waals surface area contributed by atoms with Crippen LogP contribution >= 0.6 is 15.9 Å². The highest BCUT2D eigenvalue weighted by Gasteiger charge is 2.35. The van der Waals surface area contributed by atoms with Crippen molar-refractivity contribution in [3.63, 3.8) is 0 Å². The van der Waals surface area contributed by atoms with Crippen molar-refractivity contribution in [1.29, 1.82) is 0 Å². The zero-order chi connectivity index (χ0) is 17.4. The Morgan fingerprint density at radius 3 is 2.35 bits per heavy atom. The highest BCUT2D eigenvalue weighted by molar-refractivity contribution is 9.10. The molecule has 1 aromatic rings. The van der Waals surface area contributed by atoms with Crippen LogP contribution in [0.5, 0.6) is 5.75 Å². The van der Waals surface area contributed by atoms with E-state index < -0.39 is 12.0 Å². The van der Waals surface area contributed by atoms with Crippen LogP contribution in [-0.4, -0.2) is 36.0 Å². The fourth-order valence-corrected chi connectivity index (χ4v) is 2.62. The second kappa shape index (κ2) is 6.22. The first kappa shape index (κ1) is 17.9. The van der Waals surface area contributed by atoms with Crippen molar-refractivity contribution >= 4 is 22.0 Å². The van der Waals surface area contributed by atoms with Gasteiger partial charge in [-0.25, -0.2) is 4.79 Å². The number of likely N-dealkylation sites (tertiary alicyclic amines) is 1. The predicted octanol–water partition coefficient (Wildman–Crippen LogP) is 4.68. The number of hydrogen-bond donors (Lipinski definition) is 0. The minimum absolute atomic E-state index is 0.0683. The molecule has 1 fully saturated rings. The Morgan fingerprint density at radius 1 is 1.26 bits per heavy atom. The third-order valence-electron chi connectivity index (χ3n) is 3.19. The second-order valence-corrected chi connectivity index (χ2v) is 7.17. The molecule has 8 heteroatoms. The lowest BCUT2D eigenvalue weighted by Crippen LogP contribution is -2.50. The fraction of sp³-hybridized carbons (Fsp3) is 0.533. The number of rotatable bonds is 2. The summed E-state index contributed by atoms with van der Waals surface area (Å²) >= 11 is 3.07. The summed E-state index contributed by atoms with van der Waals surface area (Å²) in [7, 11) is 0. The first-order valence-corrected chi connectivity index (χ1v) is 7.77. The molecule has 0 aromatic heterocycles. The van der Waals surface area contributed by atoms with Crippen LogP contribution in [0.1, 0.15) is 32.3 Å². The van der Waals surface area contributed by atoms with Gasteiger partial charge in [-0.2, -0.15) is 0 Å². The maximum Gasteiger partial charge on any atom is 0.573 e. The second-order valence-electron chi connectivity index (χ2n) is 6.32. The first-order valence-electron chi connectivity index (χ1n) is 6.98. The number of nitrogens with zero attached hydrogens (tertiary/aromatic N) is 1. The molecule has 4 nitrogen and oxygen atoms in total. The average Bonchev–Trinajstić information content (AvgIpc) is 2.26. The molecule has 23 heavy (non-hydrogen) atoms. The molecule has 128 valence electrons. The zero-order valence-corrected chi connectivity index (χ0v) is 14.5. The lowest BCUT2D eigenvalue weighted by atomic mass is 9.92. The molecule has 0 radical (unpaired) electrons. The molecule has 1 aromatic carbocycles. The summed E-state index contributed by atoms with van der Waals surface area (Å²) in [5.41, 5.74) is 0.285. The van der Waals surface area contributed by atoms with Gasteiger partial charge in [-0.05, 0) is 54.4 Å². The molecule has 1 saturated heterocycles. The van der Waals surface area contributed by atoms with Gasteiger partial charge in [-0.15, -0.1) is 13.2 Å². The standard InChI is InChI=1S/C15H17BrF3NO3/c1-14(2,3)23-13(21)20-7-10(8-20)9-4-5-12(11(16)6-9)22-15(17,18)19/h4-6,10H,7-8H2,1-3H3. The topological polar surface area (TPSA) is 38.8 Å². The molecule has 0 aliphatic carbocycles. The van der Waals surface area contributed by atoms with Crippen LogP contribution in [0.15, 0.2) is 22.7 Å². The normalized spacial score (nSPS) is 16.0. The number of carbonyl (C=O) groups excluding carboxylic acids is 1. The Labute approximate surface area is 140 Å². The molecule has 0 bridgehead atoms. The van der Waals surface area contributed by atoms with E-state index in [0.717, 1.165) is 5.56 Å². The van der Waals surface area contributed by atoms with Gasteiger partial charge in [0.05, 0.1) is 4.47 Å². The molecule has 1 heterocycles. The van der Waals surface area contributed by atoms with E-state index in [0.29, 0.717) is 13.1 Å². The Hall–Kier alpha value is -1.44. The number of alkyl halides is 3. The average molecular weight is 396 g/mol. The van der Waals surface area contributed by atoms with E-state index in [-0.39, 0.29) is 22.2 Å². The summed E-state index contributed by atoms with van der Waals surface area (Å²) in [6.07, 6.45) is -5.11. The van der Waals surface area contributed by atoms with E-state index in [1.807, 2.05) is 0 Å². The lowest BCUT2D eigenvalue weighted by Gasteiger charge is -2.40. The van der Waals surface area contributed by atoms with Gasteiger partial charge < -0.3 is 14.4 Å². The minimum Gasteiger partial charge on any atom is -0.444 e. The van der Waals surface area contributed by atoms with E-state index in [1.54, 1.807) is 37.8 Å². The van der Waals surface area contributed by atoms with Crippen molar-refractivity contribution < 1.29 is 27.4 Å². The van der Waals surface area contributed by atoms with E-state index in [1.165, 1.54) is 6.07 Å². The van der Waals surface area contributed by atoms with Crippen molar-refractivity contribution in [1.82, 2.24) is 4.90 Å². The van der Waals surface area contributed by atoms with Gasteiger partial charge in [-0.1, -0.05) is 6.07 Å². The van der Waals surface area contributed by atoms with Crippen molar-refractivity contribution in [2.45, 2.75) is 38.7 Å². The quantitative estimate of drug-likeness (QED) is 0.729. The van der Waals surface area contributed by atoms with E-state index >= 15 is 0 Å². The SMILES string of the molecule is CC(C)(C)OC(=O)N1CC(c2ccc(OC(F)(F)F)c(Br)c2)C1.